The van der Waals surface area contributed by atoms with Gasteiger partial charge in [0, 0.05) is 11.5 Å². The SMILES string of the molecule is Cc1ccc(CSSSSCCO)cc1. The van der Waals surface area contributed by atoms with E-state index in [0.717, 1.165) is 11.5 Å². The van der Waals surface area contributed by atoms with Crippen molar-refractivity contribution in [3.8, 4) is 0 Å². The van der Waals surface area contributed by atoms with E-state index in [-0.39, 0.29) is 6.61 Å². The largest absolute Gasteiger partial charge is 0.395 e. The summed E-state index contributed by atoms with van der Waals surface area (Å²) in [5, 5.41) is 8.58. The molecule has 1 aromatic rings. The van der Waals surface area contributed by atoms with Gasteiger partial charge >= 0.3 is 0 Å². The van der Waals surface area contributed by atoms with E-state index < -0.39 is 0 Å². The maximum absolute atomic E-state index is 8.58. The molecule has 0 aliphatic rings. The van der Waals surface area contributed by atoms with Crippen molar-refractivity contribution in [2.75, 3.05) is 12.4 Å². The summed E-state index contributed by atoms with van der Waals surface area (Å²) in [5.41, 5.74) is 2.68. The molecule has 15 heavy (non-hydrogen) atoms. The van der Waals surface area contributed by atoms with Gasteiger partial charge in [-0.3, -0.25) is 0 Å². The molecule has 0 bridgehead atoms. The first kappa shape index (κ1) is 13.6. The minimum absolute atomic E-state index is 0.265. The van der Waals surface area contributed by atoms with Crippen molar-refractivity contribution in [1.82, 2.24) is 0 Å². The third-order valence-corrected chi connectivity index (χ3v) is 8.02. The fourth-order valence-electron chi connectivity index (χ4n) is 0.887. The highest BCUT2D eigenvalue weighted by Gasteiger charge is 1.95. The lowest BCUT2D eigenvalue weighted by Crippen LogP contribution is -1.80. The van der Waals surface area contributed by atoms with Crippen LogP contribution in [-0.2, 0) is 5.75 Å². The van der Waals surface area contributed by atoms with Gasteiger partial charge in [-0.15, -0.1) is 0 Å². The van der Waals surface area contributed by atoms with Crippen molar-refractivity contribution in [1.29, 1.82) is 0 Å². The van der Waals surface area contributed by atoms with Gasteiger partial charge in [-0.05, 0) is 32.1 Å². The summed E-state index contributed by atoms with van der Waals surface area (Å²) in [6.45, 7) is 2.37. The van der Waals surface area contributed by atoms with Crippen LogP contribution in [0.15, 0.2) is 24.3 Å². The molecule has 0 saturated carbocycles. The van der Waals surface area contributed by atoms with Crippen LogP contribution in [0, 0.1) is 6.92 Å². The van der Waals surface area contributed by atoms with Crippen molar-refractivity contribution >= 4 is 41.2 Å². The Morgan fingerprint density at radius 1 is 1.07 bits per heavy atom. The predicted octanol–water partition coefficient (Wildman–Crippen LogP) is 4.17. The third-order valence-electron chi connectivity index (χ3n) is 1.64. The molecule has 1 N–H and O–H groups in total. The molecule has 0 spiro atoms. The summed E-state index contributed by atoms with van der Waals surface area (Å²) in [5.74, 6) is 1.85. The molecule has 1 rings (SSSR count). The van der Waals surface area contributed by atoms with Crippen LogP contribution < -0.4 is 0 Å². The lowest BCUT2D eigenvalue weighted by atomic mass is 10.2. The molecule has 0 aliphatic carbocycles. The standard InChI is InChI=1S/C10H14OS4/c1-9-2-4-10(5-3-9)8-13-15-14-12-7-6-11/h2-5,11H,6-8H2,1H3. The number of hydrogen-bond donors (Lipinski definition) is 1. The van der Waals surface area contributed by atoms with Crippen molar-refractivity contribution in [2.45, 2.75) is 12.7 Å². The van der Waals surface area contributed by atoms with Crippen LogP contribution in [0.1, 0.15) is 11.1 Å². The first-order chi connectivity index (χ1) is 7.33. The minimum atomic E-state index is 0.265. The second kappa shape index (κ2) is 8.70. The Balaban J connectivity index is 2.07. The van der Waals surface area contributed by atoms with Gasteiger partial charge in [0.1, 0.15) is 0 Å². The zero-order chi connectivity index (χ0) is 10.9. The van der Waals surface area contributed by atoms with Gasteiger partial charge in [-0.1, -0.05) is 51.4 Å². The van der Waals surface area contributed by atoms with Crippen LogP contribution >= 0.6 is 41.2 Å². The molecule has 0 unspecified atom stereocenters. The topological polar surface area (TPSA) is 20.2 Å². The van der Waals surface area contributed by atoms with Gasteiger partial charge < -0.3 is 5.11 Å². The molecule has 0 aliphatic heterocycles. The van der Waals surface area contributed by atoms with Crippen LogP contribution in [0.2, 0.25) is 0 Å². The average Bonchev–Trinajstić information content (AvgIpc) is 2.26. The van der Waals surface area contributed by atoms with Gasteiger partial charge in [0.2, 0.25) is 0 Å². The normalized spacial score (nSPS) is 10.5. The van der Waals surface area contributed by atoms with E-state index >= 15 is 0 Å². The van der Waals surface area contributed by atoms with E-state index in [1.807, 2.05) is 10.8 Å². The molecule has 1 aromatic carbocycles. The number of aliphatic hydroxyl groups excluding tert-OH is 1. The molecule has 0 aromatic heterocycles. The summed E-state index contributed by atoms with van der Waals surface area (Å²) < 4.78 is 0. The van der Waals surface area contributed by atoms with Gasteiger partial charge in [-0.25, -0.2) is 0 Å². The maximum atomic E-state index is 8.58. The second-order valence-electron chi connectivity index (χ2n) is 2.93. The van der Waals surface area contributed by atoms with Crippen molar-refractivity contribution in [3.05, 3.63) is 35.4 Å². The second-order valence-corrected chi connectivity index (χ2v) is 9.05. The maximum Gasteiger partial charge on any atom is 0.0530 e. The third kappa shape index (κ3) is 6.68. The highest BCUT2D eigenvalue weighted by atomic mass is 33.7. The van der Waals surface area contributed by atoms with E-state index in [1.165, 1.54) is 11.1 Å². The minimum Gasteiger partial charge on any atom is -0.395 e. The molecule has 1 nitrogen and oxygen atoms in total. The van der Waals surface area contributed by atoms with E-state index in [9.17, 15) is 0 Å². The zero-order valence-electron chi connectivity index (χ0n) is 8.51. The Kier molecular flexibility index (Phi) is 7.91. The fraction of sp³-hybridized carbons (Fsp3) is 0.400. The first-order valence-electron chi connectivity index (χ1n) is 4.57. The van der Waals surface area contributed by atoms with Crippen LogP contribution in [0.4, 0.5) is 0 Å². The van der Waals surface area contributed by atoms with Crippen molar-refractivity contribution < 1.29 is 5.11 Å². The smallest absolute Gasteiger partial charge is 0.0530 e. The van der Waals surface area contributed by atoms with Crippen LogP contribution in [0.5, 0.6) is 0 Å². The van der Waals surface area contributed by atoms with Gasteiger partial charge in [0.25, 0.3) is 0 Å². The molecule has 84 valence electrons. The number of aryl methyl sites for hydroxylation is 1. The first-order valence-corrected chi connectivity index (χ1v) is 9.72. The average molecular weight is 278 g/mol. The summed E-state index contributed by atoms with van der Waals surface area (Å²) in [6.07, 6.45) is 0. The highest BCUT2D eigenvalue weighted by molar-refractivity contribution is 9.26. The Bertz CT molecular complexity index is 263. The predicted molar refractivity (Wildman–Crippen MR) is 77.2 cm³/mol. The number of benzene rings is 1. The molecule has 0 heterocycles. The number of aliphatic hydroxyl groups is 1. The van der Waals surface area contributed by atoms with Crippen molar-refractivity contribution in [3.63, 3.8) is 0 Å². The highest BCUT2D eigenvalue weighted by Crippen LogP contribution is 2.43. The monoisotopic (exact) mass is 278 g/mol. The van der Waals surface area contributed by atoms with Gasteiger partial charge in [0.15, 0.2) is 0 Å². The van der Waals surface area contributed by atoms with Crippen LogP contribution in [0.3, 0.4) is 0 Å². The number of rotatable bonds is 7. The van der Waals surface area contributed by atoms with E-state index in [0.29, 0.717) is 0 Å². The molecule has 0 radical (unpaired) electrons. The van der Waals surface area contributed by atoms with Gasteiger partial charge in [-0.2, -0.15) is 0 Å². The van der Waals surface area contributed by atoms with E-state index in [4.69, 9.17) is 5.11 Å². The Morgan fingerprint density at radius 2 is 1.73 bits per heavy atom. The summed E-state index contributed by atoms with van der Waals surface area (Å²) in [4.78, 5) is 0. The lowest BCUT2D eigenvalue weighted by molar-refractivity contribution is 0.323. The fourth-order valence-corrected chi connectivity index (χ4v) is 6.57. The molecule has 0 saturated heterocycles. The Morgan fingerprint density at radius 3 is 2.40 bits per heavy atom. The van der Waals surface area contributed by atoms with Crippen LogP contribution in [0.25, 0.3) is 0 Å². The zero-order valence-corrected chi connectivity index (χ0v) is 11.8. The molecular formula is C10H14OS4. The van der Waals surface area contributed by atoms with E-state index in [2.05, 4.69) is 31.2 Å². The van der Waals surface area contributed by atoms with Crippen LogP contribution in [-0.4, -0.2) is 17.5 Å². The Labute approximate surface area is 106 Å². The summed E-state index contributed by atoms with van der Waals surface area (Å²) in [6, 6.07) is 8.64. The Hall–Kier alpha value is 0.580. The summed E-state index contributed by atoms with van der Waals surface area (Å²) >= 11 is 0. The van der Waals surface area contributed by atoms with Crippen molar-refractivity contribution in [2.24, 2.45) is 0 Å². The number of hydrogen-bond acceptors (Lipinski definition) is 5. The molecule has 0 atom stereocenters. The molecule has 0 amide bonds. The molecule has 5 heteroatoms. The quantitative estimate of drug-likeness (QED) is 0.595. The molecule has 0 fully saturated rings. The lowest BCUT2D eigenvalue weighted by Gasteiger charge is -2.00. The molecular weight excluding hydrogens is 264 g/mol. The van der Waals surface area contributed by atoms with E-state index in [1.54, 1.807) is 30.4 Å². The summed E-state index contributed by atoms with van der Waals surface area (Å²) in [7, 11) is 7.05. The van der Waals surface area contributed by atoms with Gasteiger partial charge in [0.05, 0.1) is 6.61 Å².